The van der Waals surface area contributed by atoms with Crippen molar-refractivity contribution in [1.82, 2.24) is 0 Å². The molecule has 0 radical (unpaired) electrons. The van der Waals surface area contributed by atoms with Crippen molar-refractivity contribution in [2.75, 3.05) is 18.7 Å². The Kier molecular flexibility index (Phi) is 3.61. The lowest BCUT2D eigenvalue weighted by molar-refractivity contribution is 0.122. The minimum atomic E-state index is 0.769. The van der Waals surface area contributed by atoms with E-state index in [1.165, 1.54) is 0 Å². The molecule has 0 saturated heterocycles. The average molecular weight is 165 g/mol. The molecule has 0 atom stereocenters. The van der Waals surface area contributed by atoms with Gasteiger partial charge >= 0.3 is 0 Å². The Morgan fingerprint density at radius 1 is 1.25 bits per heavy atom. The van der Waals surface area contributed by atoms with Crippen molar-refractivity contribution in [3.63, 3.8) is 0 Å². The van der Waals surface area contributed by atoms with Gasteiger partial charge in [-0.1, -0.05) is 25.1 Å². The second-order valence-corrected chi connectivity index (χ2v) is 2.67. The Morgan fingerprint density at radius 3 is 2.50 bits per heavy atom. The van der Waals surface area contributed by atoms with E-state index in [0.717, 1.165) is 18.7 Å². The van der Waals surface area contributed by atoms with E-state index in [4.69, 9.17) is 4.84 Å². The molecule has 1 aromatic carbocycles. The van der Waals surface area contributed by atoms with Crippen LogP contribution in [-0.4, -0.2) is 13.7 Å². The van der Waals surface area contributed by atoms with E-state index >= 15 is 0 Å². The summed E-state index contributed by atoms with van der Waals surface area (Å²) in [5, 5.41) is 1.80. The van der Waals surface area contributed by atoms with Gasteiger partial charge in [-0.25, -0.2) is 0 Å². The summed E-state index contributed by atoms with van der Waals surface area (Å²) in [6.45, 7) is 2.87. The first-order valence-electron chi connectivity index (χ1n) is 4.26. The molecule has 0 fully saturated rings. The molecule has 0 saturated carbocycles. The number of hydrogen-bond acceptors (Lipinski definition) is 2. The maximum absolute atomic E-state index is 5.41. The van der Waals surface area contributed by atoms with Crippen LogP contribution in [-0.2, 0) is 4.84 Å². The van der Waals surface area contributed by atoms with E-state index in [1.54, 1.807) is 5.06 Å². The van der Waals surface area contributed by atoms with Crippen LogP contribution in [0.15, 0.2) is 30.3 Å². The third-order valence-electron chi connectivity index (χ3n) is 1.61. The highest BCUT2D eigenvalue weighted by atomic mass is 16.7. The van der Waals surface area contributed by atoms with Crippen molar-refractivity contribution in [3.05, 3.63) is 30.3 Å². The zero-order valence-electron chi connectivity index (χ0n) is 7.66. The fourth-order valence-electron chi connectivity index (χ4n) is 0.941. The minimum Gasteiger partial charge on any atom is -0.274 e. The van der Waals surface area contributed by atoms with Crippen LogP contribution in [0.1, 0.15) is 13.3 Å². The molecule has 0 bridgehead atoms. The molecular formula is C10H15NO. The largest absolute Gasteiger partial charge is 0.274 e. The number of rotatable bonds is 4. The lowest BCUT2D eigenvalue weighted by Crippen LogP contribution is -2.17. The summed E-state index contributed by atoms with van der Waals surface area (Å²) in [5.74, 6) is 0. The molecule has 0 aliphatic rings. The average Bonchev–Trinajstić information content (AvgIpc) is 2.15. The number of anilines is 1. The van der Waals surface area contributed by atoms with Crippen molar-refractivity contribution in [2.24, 2.45) is 0 Å². The first-order valence-corrected chi connectivity index (χ1v) is 4.26. The van der Waals surface area contributed by atoms with Crippen molar-refractivity contribution in [2.45, 2.75) is 13.3 Å². The van der Waals surface area contributed by atoms with Crippen LogP contribution in [0.3, 0.4) is 0 Å². The summed E-state index contributed by atoms with van der Waals surface area (Å²) >= 11 is 0. The van der Waals surface area contributed by atoms with Gasteiger partial charge in [-0.15, -0.1) is 0 Å². The fraction of sp³-hybridized carbons (Fsp3) is 0.400. The predicted octanol–water partition coefficient (Wildman–Crippen LogP) is 2.46. The molecule has 2 heteroatoms. The molecule has 0 aliphatic heterocycles. The number of hydroxylamine groups is 1. The molecule has 2 nitrogen and oxygen atoms in total. The maximum Gasteiger partial charge on any atom is 0.0746 e. The highest BCUT2D eigenvalue weighted by Crippen LogP contribution is 2.10. The molecule has 66 valence electrons. The molecule has 0 spiro atoms. The second-order valence-electron chi connectivity index (χ2n) is 2.67. The summed E-state index contributed by atoms with van der Waals surface area (Å²) in [5.41, 5.74) is 1.09. The maximum atomic E-state index is 5.41. The molecule has 0 heterocycles. The quantitative estimate of drug-likeness (QED) is 0.635. The number of hydrogen-bond donors (Lipinski definition) is 0. The third kappa shape index (κ3) is 2.55. The Bertz CT molecular complexity index is 210. The molecule has 1 aromatic rings. The normalized spacial score (nSPS) is 9.83. The van der Waals surface area contributed by atoms with Gasteiger partial charge in [0.05, 0.1) is 12.3 Å². The fourth-order valence-corrected chi connectivity index (χ4v) is 0.941. The van der Waals surface area contributed by atoms with Gasteiger partial charge in [0.15, 0.2) is 0 Å². The van der Waals surface area contributed by atoms with Crippen LogP contribution in [0, 0.1) is 0 Å². The van der Waals surface area contributed by atoms with E-state index in [1.807, 2.05) is 37.4 Å². The summed E-state index contributed by atoms with van der Waals surface area (Å²) in [7, 11) is 1.92. The summed E-state index contributed by atoms with van der Waals surface area (Å²) in [6.07, 6.45) is 1.04. The smallest absolute Gasteiger partial charge is 0.0746 e. The molecular weight excluding hydrogens is 150 g/mol. The van der Waals surface area contributed by atoms with Crippen molar-refractivity contribution >= 4 is 5.69 Å². The van der Waals surface area contributed by atoms with Crippen LogP contribution in [0.2, 0.25) is 0 Å². The molecule has 0 N–H and O–H groups in total. The number of nitrogens with zero attached hydrogens (tertiary/aromatic N) is 1. The van der Waals surface area contributed by atoms with E-state index < -0.39 is 0 Å². The highest BCUT2D eigenvalue weighted by Gasteiger charge is 1.97. The summed E-state index contributed by atoms with van der Waals surface area (Å²) < 4.78 is 0. The third-order valence-corrected chi connectivity index (χ3v) is 1.61. The monoisotopic (exact) mass is 165 g/mol. The molecule has 0 aliphatic carbocycles. The van der Waals surface area contributed by atoms with Gasteiger partial charge in [0.25, 0.3) is 0 Å². The Hall–Kier alpha value is -1.02. The van der Waals surface area contributed by atoms with Crippen LogP contribution in [0.4, 0.5) is 5.69 Å². The zero-order chi connectivity index (χ0) is 8.81. The van der Waals surface area contributed by atoms with Gasteiger partial charge < -0.3 is 0 Å². The van der Waals surface area contributed by atoms with E-state index in [2.05, 4.69) is 6.92 Å². The highest BCUT2D eigenvalue weighted by molar-refractivity contribution is 5.42. The van der Waals surface area contributed by atoms with Gasteiger partial charge in [0.2, 0.25) is 0 Å². The Labute approximate surface area is 73.7 Å². The molecule has 1 rings (SSSR count). The lowest BCUT2D eigenvalue weighted by atomic mass is 10.3. The molecule has 0 amide bonds. The molecule has 0 unspecified atom stereocenters. The predicted molar refractivity (Wildman–Crippen MR) is 51.1 cm³/mol. The van der Waals surface area contributed by atoms with Crippen molar-refractivity contribution < 1.29 is 4.84 Å². The lowest BCUT2D eigenvalue weighted by Gasteiger charge is -2.17. The van der Waals surface area contributed by atoms with Crippen LogP contribution in [0.25, 0.3) is 0 Å². The standard InChI is InChI=1S/C10H15NO/c1-3-9-12-11(2)10-7-5-4-6-8-10/h4-8H,3,9H2,1-2H3. The Balaban J connectivity index is 2.48. The van der Waals surface area contributed by atoms with Crippen molar-refractivity contribution in [3.8, 4) is 0 Å². The Morgan fingerprint density at radius 2 is 1.92 bits per heavy atom. The van der Waals surface area contributed by atoms with Crippen LogP contribution >= 0.6 is 0 Å². The number of para-hydroxylation sites is 1. The van der Waals surface area contributed by atoms with Gasteiger partial charge in [-0.3, -0.25) is 9.90 Å². The number of benzene rings is 1. The topological polar surface area (TPSA) is 12.5 Å². The first-order chi connectivity index (χ1) is 5.84. The first kappa shape index (κ1) is 9.07. The van der Waals surface area contributed by atoms with Gasteiger partial charge in [-0.05, 0) is 18.6 Å². The van der Waals surface area contributed by atoms with Crippen LogP contribution in [0.5, 0.6) is 0 Å². The molecule has 0 aromatic heterocycles. The molecule has 12 heavy (non-hydrogen) atoms. The zero-order valence-corrected chi connectivity index (χ0v) is 7.66. The van der Waals surface area contributed by atoms with Gasteiger partial charge in [0, 0.05) is 7.05 Å². The minimum absolute atomic E-state index is 0.769. The van der Waals surface area contributed by atoms with E-state index in [-0.39, 0.29) is 0 Å². The summed E-state index contributed by atoms with van der Waals surface area (Å²) in [6, 6.07) is 10.0. The van der Waals surface area contributed by atoms with E-state index in [0.29, 0.717) is 0 Å². The second kappa shape index (κ2) is 4.78. The summed E-state index contributed by atoms with van der Waals surface area (Å²) in [4.78, 5) is 5.41. The van der Waals surface area contributed by atoms with E-state index in [9.17, 15) is 0 Å². The van der Waals surface area contributed by atoms with Crippen LogP contribution < -0.4 is 5.06 Å². The van der Waals surface area contributed by atoms with Gasteiger partial charge in [-0.2, -0.15) is 0 Å². The van der Waals surface area contributed by atoms with Gasteiger partial charge in [0.1, 0.15) is 0 Å². The van der Waals surface area contributed by atoms with Crippen molar-refractivity contribution in [1.29, 1.82) is 0 Å². The SMILES string of the molecule is CCCON(C)c1ccccc1.